The molecule has 6 nitrogen and oxygen atoms in total. The minimum Gasteiger partial charge on any atom is -0.393 e. The van der Waals surface area contributed by atoms with E-state index in [9.17, 15) is 9.59 Å². The van der Waals surface area contributed by atoms with E-state index in [0.717, 1.165) is 11.0 Å². The first-order chi connectivity index (χ1) is 8.97. The Labute approximate surface area is 112 Å². The minimum absolute atomic E-state index is 0.0944. The van der Waals surface area contributed by atoms with Crippen molar-refractivity contribution in [1.29, 1.82) is 0 Å². The van der Waals surface area contributed by atoms with Gasteiger partial charge in [0.1, 0.15) is 5.69 Å². The highest BCUT2D eigenvalue weighted by Gasteiger charge is 2.08. The minimum atomic E-state index is -0.439. The molecule has 1 aromatic heterocycles. The highest BCUT2D eigenvalue weighted by Crippen LogP contribution is 1.94. The average Bonchev–Trinajstić information content (AvgIpc) is 2.35. The van der Waals surface area contributed by atoms with E-state index in [1.165, 1.54) is 10.8 Å². The lowest BCUT2D eigenvalue weighted by molar-refractivity contribution is 0.101. The Bertz CT molecular complexity index is 517. The van der Waals surface area contributed by atoms with Crippen molar-refractivity contribution in [2.75, 3.05) is 18.9 Å². The molecule has 0 bridgehead atoms. The molecule has 108 valence electrons. The Balaban J connectivity index is 2.87. The molecule has 1 aromatic rings. The van der Waals surface area contributed by atoms with Crippen LogP contribution in [-0.2, 0) is 17.8 Å². The van der Waals surface area contributed by atoms with Crippen LogP contribution in [0.2, 0.25) is 0 Å². The molecule has 0 atom stereocenters. The van der Waals surface area contributed by atoms with E-state index in [4.69, 9.17) is 10.5 Å². The van der Waals surface area contributed by atoms with E-state index in [-0.39, 0.29) is 17.9 Å². The van der Waals surface area contributed by atoms with Crippen LogP contribution in [0.25, 0.3) is 0 Å². The fraction of sp³-hybridized carbons (Fsp3) is 0.692. The third kappa shape index (κ3) is 4.24. The van der Waals surface area contributed by atoms with E-state index in [0.29, 0.717) is 25.7 Å². The summed E-state index contributed by atoms with van der Waals surface area (Å²) >= 11 is 0. The number of nitrogens with two attached hydrogens (primary N) is 1. The molecule has 2 N–H and O–H groups in total. The molecule has 6 heteroatoms. The van der Waals surface area contributed by atoms with Crippen LogP contribution in [0, 0.1) is 5.92 Å². The maximum Gasteiger partial charge on any atom is 0.331 e. The molecule has 0 unspecified atom stereocenters. The summed E-state index contributed by atoms with van der Waals surface area (Å²) in [6.07, 6.45) is 2.22. The number of nitrogen functional groups attached to an aromatic ring is 1. The second-order valence-electron chi connectivity index (χ2n) is 4.99. The van der Waals surface area contributed by atoms with Gasteiger partial charge in [0, 0.05) is 19.3 Å². The van der Waals surface area contributed by atoms with Crippen molar-refractivity contribution in [3.63, 3.8) is 0 Å². The van der Waals surface area contributed by atoms with Crippen molar-refractivity contribution in [2.24, 2.45) is 5.92 Å². The van der Waals surface area contributed by atoms with Crippen molar-refractivity contribution < 1.29 is 4.74 Å². The predicted octanol–water partition coefficient (Wildman–Crippen LogP) is 0.675. The monoisotopic (exact) mass is 269 g/mol. The topological polar surface area (TPSA) is 79.2 Å². The summed E-state index contributed by atoms with van der Waals surface area (Å²) in [5.74, 6) is 0.425. The van der Waals surface area contributed by atoms with Gasteiger partial charge in [0.05, 0.1) is 13.2 Å². The van der Waals surface area contributed by atoms with Gasteiger partial charge in [-0.3, -0.25) is 13.9 Å². The molecule has 0 aliphatic heterocycles. The van der Waals surface area contributed by atoms with Gasteiger partial charge in [-0.05, 0) is 12.3 Å². The Kier molecular flexibility index (Phi) is 5.82. The largest absolute Gasteiger partial charge is 0.393 e. The zero-order valence-electron chi connectivity index (χ0n) is 11.9. The number of hydrogen-bond acceptors (Lipinski definition) is 4. The van der Waals surface area contributed by atoms with Gasteiger partial charge in [-0.1, -0.05) is 20.8 Å². The van der Waals surface area contributed by atoms with Crippen LogP contribution in [0.15, 0.2) is 15.8 Å². The van der Waals surface area contributed by atoms with Crippen molar-refractivity contribution in [3.05, 3.63) is 27.0 Å². The number of hydrogen-bond donors (Lipinski definition) is 1. The van der Waals surface area contributed by atoms with Gasteiger partial charge in [0.15, 0.2) is 0 Å². The average molecular weight is 269 g/mol. The quantitative estimate of drug-likeness (QED) is 0.738. The summed E-state index contributed by atoms with van der Waals surface area (Å²) in [7, 11) is 0. The van der Waals surface area contributed by atoms with E-state index in [2.05, 4.69) is 0 Å². The van der Waals surface area contributed by atoms with E-state index >= 15 is 0 Å². The molecule has 0 aromatic carbocycles. The molecule has 0 fully saturated rings. The summed E-state index contributed by atoms with van der Waals surface area (Å²) in [5.41, 5.74) is 4.97. The van der Waals surface area contributed by atoms with Crippen molar-refractivity contribution in [2.45, 2.75) is 40.3 Å². The van der Waals surface area contributed by atoms with Crippen LogP contribution in [0.1, 0.15) is 27.2 Å². The Morgan fingerprint density at radius 1 is 1.32 bits per heavy atom. The predicted molar refractivity (Wildman–Crippen MR) is 75.3 cm³/mol. The van der Waals surface area contributed by atoms with Gasteiger partial charge in [-0.25, -0.2) is 4.79 Å². The Hall–Kier alpha value is -1.56. The summed E-state index contributed by atoms with van der Waals surface area (Å²) in [6.45, 7) is 7.78. The van der Waals surface area contributed by atoms with Crippen LogP contribution in [0.3, 0.4) is 0 Å². The number of nitrogens with zero attached hydrogens (tertiary/aromatic N) is 2. The second-order valence-corrected chi connectivity index (χ2v) is 4.99. The molecular weight excluding hydrogens is 246 g/mol. The first-order valence-electron chi connectivity index (χ1n) is 6.64. The zero-order valence-corrected chi connectivity index (χ0v) is 11.9. The number of ether oxygens (including phenoxy) is 1. The number of anilines is 1. The smallest absolute Gasteiger partial charge is 0.331 e. The Morgan fingerprint density at radius 3 is 2.58 bits per heavy atom. The van der Waals surface area contributed by atoms with Crippen LogP contribution < -0.4 is 17.0 Å². The Morgan fingerprint density at radius 2 is 2.00 bits per heavy atom. The first-order valence-corrected chi connectivity index (χ1v) is 6.64. The lowest BCUT2D eigenvalue weighted by atomic mass is 10.2. The second kappa shape index (κ2) is 7.13. The van der Waals surface area contributed by atoms with E-state index < -0.39 is 5.56 Å². The zero-order chi connectivity index (χ0) is 14.4. The number of rotatable bonds is 7. The van der Waals surface area contributed by atoms with E-state index in [1.807, 2.05) is 20.8 Å². The fourth-order valence-corrected chi connectivity index (χ4v) is 1.75. The van der Waals surface area contributed by atoms with E-state index in [1.54, 1.807) is 0 Å². The van der Waals surface area contributed by atoms with Gasteiger partial charge < -0.3 is 10.5 Å². The molecular formula is C13H23N3O3. The van der Waals surface area contributed by atoms with Gasteiger partial charge in [-0.15, -0.1) is 0 Å². The molecule has 1 rings (SSSR count). The number of aromatic nitrogens is 2. The highest BCUT2D eigenvalue weighted by atomic mass is 16.5. The maximum absolute atomic E-state index is 12.1. The normalized spacial score (nSPS) is 11.2. The fourth-order valence-electron chi connectivity index (χ4n) is 1.75. The number of aryl methyl sites for hydroxylation is 1. The van der Waals surface area contributed by atoms with Gasteiger partial charge >= 0.3 is 5.69 Å². The molecule has 0 saturated heterocycles. The molecule has 0 saturated carbocycles. The SMILES string of the molecule is CCCn1cc(N)c(=O)n(CCOCC(C)C)c1=O. The summed E-state index contributed by atoms with van der Waals surface area (Å²) in [6, 6.07) is 0. The summed E-state index contributed by atoms with van der Waals surface area (Å²) < 4.78 is 8.02. The molecule has 0 aliphatic carbocycles. The van der Waals surface area contributed by atoms with Crippen LogP contribution in [0.5, 0.6) is 0 Å². The third-order valence-electron chi connectivity index (χ3n) is 2.64. The molecule has 0 radical (unpaired) electrons. The third-order valence-corrected chi connectivity index (χ3v) is 2.64. The van der Waals surface area contributed by atoms with Crippen molar-refractivity contribution in [1.82, 2.24) is 9.13 Å². The van der Waals surface area contributed by atoms with Gasteiger partial charge in [0.2, 0.25) is 0 Å². The molecule has 0 spiro atoms. The maximum atomic E-state index is 12.1. The molecule has 0 aliphatic rings. The summed E-state index contributed by atoms with van der Waals surface area (Å²) in [5, 5.41) is 0. The lowest BCUT2D eigenvalue weighted by Gasteiger charge is -2.11. The van der Waals surface area contributed by atoms with Crippen LogP contribution >= 0.6 is 0 Å². The summed E-state index contributed by atoms with van der Waals surface area (Å²) in [4.78, 5) is 23.9. The molecule has 19 heavy (non-hydrogen) atoms. The van der Waals surface area contributed by atoms with Crippen LogP contribution in [0.4, 0.5) is 5.69 Å². The first kappa shape index (κ1) is 15.5. The van der Waals surface area contributed by atoms with Crippen molar-refractivity contribution in [3.8, 4) is 0 Å². The molecule has 1 heterocycles. The molecule has 0 amide bonds. The highest BCUT2D eigenvalue weighted by molar-refractivity contribution is 5.30. The van der Waals surface area contributed by atoms with Crippen LogP contribution in [-0.4, -0.2) is 22.3 Å². The lowest BCUT2D eigenvalue weighted by Crippen LogP contribution is -2.41. The van der Waals surface area contributed by atoms with Crippen molar-refractivity contribution >= 4 is 5.69 Å². The standard InChI is InChI=1S/C13H23N3O3/c1-4-5-15-8-11(14)12(17)16(13(15)18)6-7-19-9-10(2)3/h8,10H,4-7,9,14H2,1-3H3. The van der Waals surface area contributed by atoms with Gasteiger partial charge in [-0.2, -0.15) is 0 Å². The van der Waals surface area contributed by atoms with Gasteiger partial charge in [0.25, 0.3) is 5.56 Å².